The van der Waals surface area contributed by atoms with Gasteiger partial charge in [-0.15, -0.1) is 0 Å². The lowest BCUT2D eigenvalue weighted by Crippen LogP contribution is -2.50. The van der Waals surface area contributed by atoms with E-state index < -0.39 is 0 Å². The first-order valence-electron chi connectivity index (χ1n) is 6.09. The second-order valence-electron chi connectivity index (χ2n) is 5.92. The van der Waals surface area contributed by atoms with E-state index in [0.717, 1.165) is 12.8 Å². The van der Waals surface area contributed by atoms with E-state index in [1.165, 1.54) is 0 Å². The van der Waals surface area contributed by atoms with Gasteiger partial charge in [0.25, 0.3) is 0 Å². The minimum absolute atomic E-state index is 0.153. The molecule has 0 spiro atoms. The molecule has 0 N–H and O–H groups in total. The molecule has 0 aliphatic carbocycles. The molecule has 1 aliphatic rings. The largest absolute Gasteiger partial charge is 0.298 e. The number of Topliss-reactive ketones (excluding diaryl/α,β-unsaturated/α-hetero) is 1. The van der Waals surface area contributed by atoms with E-state index in [4.69, 9.17) is 0 Å². The van der Waals surface area contributed by atoms with Crippen molar-refractivity contribution in [1.82, 2.24) is 4.90 Å². The Bertz CT molecular complexity index is 243. The van der Waals surface area contributed by atoms with Crippen molar-refractivity contribution in [2.45, 2.75) is 72.0 Å². The van der Waals surface area contributed by atoms with E-state index in [-0.39, 0.29) is 17.5 Å². The lowest BCUT2D eigenvalue weighted by Gasteiger charge is -2.39. The summed E-state index contributed by atoms with van der Waals surface area (Å²) in [5, 5.41) is 0. The predicted octanol–water partition coefficient (Wildman–Crippen LogP) is 2.86. The van der Waals surface area contributed by atoms with Crippen LogP contribution in [0.2, 0.25) is 0 Å². The molecule has 1 heterocycles. The second-order valence-corrected chi connectivity index (χ2v) is 5.92. The minimum atomic E-state index is 0.153. The van der Waals surface area contributed by atoms with Gasteiger partial charge in [0.1, 0.15) is 0 Å². The molecule has 0 bridgehead atoms. The van der Waals surface area contributed by atoms with Gasteiger partial charge in [0.2, 0.25) is 0 Å². The fourth-order valence-electron chi connectivity index (χ4n) is 2.90. The average molecular weight is 211 g/mol. The standard InChI is InChI=1S/C13H25NO/c1-9(2)12(15)11-7-8-13(5,6)14(11)10(3)4/h9-11H,7-8H2,1-6H3/t11-/m0/s1. The van der Waals surface area contributed by atoms with E-state index in [0.29, 0.717) is 11.8 Å². The maximum Gasteiger partial charge on any atom is 0.152 e. The number of likely N-dealkylation sites (tertiary alicyclic amines) is 1. The number of hydrogen-bond acceptors (Lipinski definition) is 2. The highest BCUT2D eigenvalue weighted by molar-refractivity contribution is 5.86. The molecule has 0 aromatic heterocycles. The normalized spacial score (nSPS) is 26.5. The molecule has 0 saturated carbocycles. The van der Waals surface area contributed by atoms with Gasteiger partial charge in [-0.2, -0.15) is 0 Å². The first-order valence-corrected chi connectivity index (χ1v) is 6.09. The summed E-state index contributed by atoms with van der Waals surface area (Å²) in [6.07, 6.45) is 2.16. The average Bonchev–Trinajstić information content (AvgIpc) is 2.39. The fraction of sp³-hybridized carbons (Fsp3) is 0.923. The quantitative estimate of drug-likeness (QED) is 0.715. The van der Waals surface area contributed by atoms with Crippen LogP contribution in [0.5, 0.6) is 0 Å². The third kappa shape index (κ3) is 2.41. The summed E-state index contributed by atoms with van der Waals surface area (Å²) >= 11 is 0. The van der Waals surface area contributed by atoms with Crippen molar-refractivity contribution in [3.05, 3.63) is 0 Å². The number of carbonyl (C=O) groups is 1. The van der Waals surface area contributed by atoms with Gasteiger partial charge in [-0.25, -0.2) is 0 Å². The number of nitrogens with zero attached hydrogens (tertiary/aromatic N) is 1. The lowest BCUT2D eigenvalue weighted by molar-refractivity contribution is -0.128. The van der Waals surface area contributed by atoms with Crippen LogP contribution in [0.4, 0.5) is 0 Å². The van der Waals surface area contributed by atoms with Crippen LogP contribution in [0.25, 0.3) is 0 Å². The van der Waals surface area contributed by atoms with E-state index in [2.05, 4.69) is 32.6 Å². The molecule has 2 heteroatoms. The molecule has 0 radical (unpaired) electrons. The summed E-state index contributed by atoms with van der Waals surface area (Å²) in [4.78, 5) is 14.5. The van der Waals surface area contributed by atoms with Crippen molar-refractivity contribution in [2.24, 2.45) is 5.92 Å². The smallest absolute Gasteiger partial charge is 0.152 e. The summed E-state index contributed by atoms with van der Waals surface area (Å²) in [5.41, 5.74) is 0.184. The van der Waals surface area contributed by atoms with Crippen LogP contribution in [-0.4, -0.2) is 28.3 Å². The Balaban J connectivity index is 2.88. The van der Waals surface area contributed by atoms with Crippen LogP contribution in [-0.2, 0) is 4.79 Å². The molecular weight excluding hydrogens is 186 g/mol. The highest BCUT2D eigenvalue weighted by atomic mass is 16.1. The molecule has 0 unspecified atom stereocenters. The lowest BCUT2D eigenvalue weighted by atomic mass is 9.99. The van der Waals surface area contributed by atoms with Gasteiger partial charge in [0.05, 0.1) is 6.04 Å². The molecule has 0 aromatic rings. The molecule has 1 atom stereocenters. The van der Waals surface area contributed by atoms with Gasteiger partial charge in [0.15, 0.2) is 5.78 Å². The van der Waals surface area contributed by atoms with Crippen LogP contribution < -0.4 is 0 Å². The Morgan fingerprint density at radius 2 is 1.80 bits per heavy atom. The summed E-state index contributed by atoms with van der Waals surface area (Å²) in [6.45, 7) is 12.9. The Morgan fingerprint density at radius 1 is 1.27 bits per heavy atom. The maximum absolute atomic E-state index is 12.1. The van der Waals surface area contributed by atoms with Gasteiger partial charge in [-0.1, -0.05) is 13.8 Å². The Morgan fingerprint density at radius 3 is 2.20 bits per heavy atom. The Hall–Kier alpha value is -0.370. The van der Waals surface area contributed by atoms with E-state index in [9.17, 15) is 4.79 Å². The Labute approximate surface area is 94.0 Å². The van der Waals surface area contributed by atoms with Crippen LogP contribution >= 0.6 is 0 Å². The predicted molar refractivity (Wildman–Crippen MR) is 63.9 cm³/mol. The van der Waals surface area contributed by atoms with Crippen LogP contribution in [0.3, 0.4) is 0 Å². The molecule has 1 fully saturated rings. The molecule has 0 amide bonds. The molecule has 0 aromatic carbocycles. The zero-order valence-corrected chi connectivity index (χ0v) is 11.0. The molecule has 1 rings (SSSR count). The first-order chi connectivity index (χ1) is 6.77. The van der Waals surface area contributed by atoms with E-state index in [1.807, 2.05) is 13.8 Å². The second kappa shape index (κ2) is 4.25. The van der Waals surface area contributed by atoms with Crippen molar-refractivity contribution in [3.63, 3.8) is 0 Å². The third-order valence-electron chi connectivity index (χ3n) is 3.52. The summed E-state index contributed by atoms with van der Waals surface area (Å²) in [5.74, 6) is 0.569. The van der Waals surface area contributed by atoms with Gasteiger partial charge in [0, 0.05) is 17.5 Å². The molecule has 88 valence electrons. The summed E-state index contributed by atoms with van der Waals surface area (Å²) < 4.78 is 0. The van der Waals surface area contributed by atoms with Crippen LogP contribution in [0.15, 0.2) is 0 Å². The molecule has 1 aliphatic heterocycles. The summed E-state index contributed by atoms with van der Waals surface area (Å²) in [6, 6.07) is 0.607. The molecule has 2 nitrogen and oxygen atoms in total. The molecule has 1 saturated heterocycles. The molecule has 15 heavy (non-hydrogen) atoms. The fourth-order valence-corrected chi connectivity index (χ4v) is 2.90. The van der Waals surface area contributed by atoms with Crippen molar-refractivity contribution in [3.8, 4) is 0 Å². The Kier molecular flexibility index (Phi) is 3.59. The SMILES string of the molecule is CC(C)C(=O)[C@@H]1CCC(C)(C)N1C(C)C. The highest BCUT2D eigenvalue weighted by Crippen LogP contribution is 2.36. The van der Waals surface area contributed by atoms with Crippen LogP contribution in [0, 0.1) is 5.92 Å². The van der Waals surface area contributed by atoms with Gasteiger partial charge >= 0.3 is 0 Å². The number of carbonyl (C=O) groups excluding carboxylic acids is 1. The van der Waals surface area contributed by atoms with Crippen molar-refractivity contribution in [2.75, 3.05) is 0 Å². The van der Waals surface area contributed by atoms with Crippen molar-refractivity contribution in [1.29, 1.82) is 0 Å². The number of ketones is 1. The highest BCUT2D eigenvalue weighted by Gasteiger charge is 2.44. The van der Waals surface area contributed by atoms with Crippen LogP contribution in [0.1, 0.15) is 54.4 Å². The molecular formula is C13H25NO. The summed E-state index contributed by atoms with van der Waals surface area (Å²) in [7, 11) is 0. The van der Waals surface area contributed by atoms with E-state index in [1.54, 1.807) is 0 Å². The van der Waals surface area contributed by atoms with Gasteiger partial charge < -0.3 is 0 Å². The zero-order valence-electron chi connectivity index (χ0n) is 11.0. The monoisotopic (exact) mass is 211 g/mol. The van der Waals surface area contributed by atoms with Gasteiger partial charge in [-0.3, -0.25) is 9.69 Å². The van der Waals surface area contributed by atoms with Crippen molar-refractivity contribution >= 4 is 5.78 Å². The van der Waals surface area contributed by atoms with Crippen molar-refractivity contribution < 1.29 is 4.79 Å². The van der Waals surface area contributed by atoms with Gasteiger partial charge in [-0.05, 0) is 40.5 Å². The zero-order chi connectivity index (χ0) is 11.8. The number of hydrogen-bond donors (Lipinski definition) is 0. The minimum Gasteiger partial charge on any atom is -0.298 e. The number of rotatable bonds is 3. The topological polar surface area (TPSA) is 20.3 Å². The van der Waals surface area contributed by atoms with E-state index >= 15 is 0 Å². The first kappa shape index (κ1) is 12.7. The maximum atomic E-state index is 12.1. The third-order valence-corrected chi connectivity index (χ3v) is 3.52.